The molecule has 4 nitrogen and oxygen atoms in total. The van der Waals surface area contributed by atoms with Gasteiger partial charge in [-0.15, -0.1) is 0 Å². The van der Waals surface area contributed by atoms with Crippen LogP contribution in [0.3, 0.4) is 0 Å². The molecular formula is C12H10N2O2S. The Hall–Kier alpha value is -1.88. The molecule has 5 heteroatoms. The highest BCUT2D eigenvalue weighted by Crippen LogP contribution is 2.24. The van der Waals surface area contributed by atoms with Crippen molar-refractivity contribution in [2.45, 2.75) is 17.0 Å². The number of aromatic carboxylic acids is 1. The van der Waals surface area contributed by atoms with Gasteiger partial charge in [0.05, 0.1) is 0 Å². The fourth-order valence-corrected chi connectivity index (χ4v) is 2.13. The third-order valence-electron chi connectivity index (χ3n) is 2.01. The molecule has 17 heavy (non-hydrogen) atoms. The lowest BCUT2D eigenvalue weighted by molar-refractivity contribution is 0.0689. The number of aromatic nitrogens is 2. The quantitative estimate of drug-likeness (QED) is 0.843. The molecule has 2 rings (SSSR count). The van der Waals surface area contributed by atoms with Crippen molar-refractivity contribution in [2.24, 2.45) is 0 Å². The molecule has 0 unspecified atom stereocenters. The van der Waals surface area contributed by atoms with Crippen LogP contribution in [0.25, 0.3) is 0 Å². The first-order chi connectivity index (χ1) is 8.15. The average Bonchev–Trinajstić information content (AvgIpc) is 2.29. The first kappa shape index (κ1) is 11.6. The van der Waals surface area contributed by atoms with Crippen LogP contribution in [0.5, 0.6) is 0 Å². The highest BCUT2D eigenvalue weighted by Gasteiger charge is 2.09. The van der Waals surface area contributed by atoms with E-state index < -0.39 is 5.97 Å². The Morgan fingerprint density at radius 2 is 1.94 bits per heavy atom. The molecule has 0 fully saturated rings. The van der Waals surface area contributed by atoms with Crippen molar-refractivity contribution in [3.8, 4) is 0 Å². The summed E-state index contributed by atoms with van der Waals surface area (Å²) in [5, 5.41) is 9.35. The SMILES string of the molecule is Cc1cc(C(=O)O)nc(Sc2ccccc2)n1. The number of hydrogen-bond acceptors (Lipinski definition) is 4. The van der Waals surface area contributed by atoms with Gasteiger partial charge in [0.1, 0.15) is 0 Å². The smallest absolute Gasteiger partial charge is 0.354 e. The van der Waals surface area contributed by atoms with E-state index in [9.17, 15) is 4.79 Å². The van der Waals surface area contributed by atoms with E-state index in [0.717, 1.165) is 4.90 Å². The Kier molecular flexibility index (Phi) is 3.39. The number of carboxylic acid groups (broad SMARTS) is 1. The summed E-state index contributed by atoms with van der Waals surface area (Å²) >= 11 is 1.35. The summed E-state index contributed by atoms with van der Waals surface area (Å²) < 4.78 is 0. The van der Waals surface area contributed by atoms with Crippen LogP contribution in [-0.2, 0) is 0 Å². The molecule has 2 aromatic rings. The molecule has 0 atom stereocenters. The Labute approximate surface area is 103 Å². The van der Waals surface area contributed by atoms with Crippen molar-refractivity contribution in [1.82, 2.24) is 9.97 Å². The predicted octanol–water partition coefficient (Wildman–Crippen LogP) is 2.63. The van der Waals surface area contributed by atoms with E-state index in [1.165, 1.54) is 17.8 Å². The second kappa shape index (κ2) is 4.97. The maximum atomic E-state index is 10.9. The van der Waals surface area contributed by atoms with Gasteiger partial charge in [0.2, 0.25) is 0 Å². The largest absolute Gasteiger partial charge is 0.477 e. The van der Waals surface area contributed by atoms with Gasteiger partial charge in [0.25, 0.3) is 0 Å². The lowest BCUT2D eigenvalue weighted by Crippen LogP contribution is -2.03. The van der Waals surface area contributed by atoms with Gasteiger partial charge in [-0.25, -0.2) is 14.8 Å². The molecule has 1 aromatic carbocycles. The summed E-state index contributed by atoms with van der Waals surface area (Å²) in [6.07, 6.45) is 0. The van der Waals surface area contributed by atoms with Gasteiger partial charge >= 0.3 is 5.97 Å². The molecule has 0 aliphatic heterocycles. The van der Waals surface area contributed by atoms with Crippen molar-refractivity contribution in [2.75, 3.05) is 0 Å². The van der Waals surface area contributed by atoms with Crippen LogP contribution in [-0.4, -0.2) is 21.0 Å². The van der Waals surface area contributed by atoms with Crippen molar-refractivity contribution in [1.29, 1.82) is 0 Å². The maximum Gasteiger partial charge on any atom is 0.354 e. The predicted molar refractivity (Wildman–Crippen MR) is 64.3 cm³/mol. The molecule has 0 radical (unpaired) electrons. The molecular weight excluding hydrogens is 236 g/mol. The first-order valence-electron chi connectivity index (χ1n) is 4.97. The van der Waals surface area contributed by atoms with Crippen molar-refractivity contribution in [3.05, 3.63) is 47.8 Å². The minimum atomic E-state index is -1.04. The van der Waals surface area contributed by atoms with Gasteiger partial charge in [-0.3, -0.25) is 0 Å². The van der Waals surface area contributed by atoms with Crippen molar-refractivity contribution >= 4 is 17.7 Å². The van der Waals surface area contributed by atoms with Gasteiger partial charge < -0.3 is 5.11 Å². The summed E-state index contributed by atoms with van der Waals surface area (Å²) in [6.45, 7) is 1.75. The lowest BCUT2D eigenvalue weighted by atomic mass is 10.3. The lowest BCUT2D eigenvalue weighted by Gasteiger charge is -2.02. The maximum absolute atomic E-state index is 10.9. The number of carbonyl (C=O) groups is 1. The molecule has 86 valence electrons. The minimum Gasteiger partial charge on any atom is -0.477 e. The Morgan fingerprint density at radius 3 is 2.59 bits per heavy atom. The second-order valence-corrected chi connectivity index (χ2v) is 4.44. The molecule has 0 aliphatic rings. The van der Waals surface area contributed by atoms with Crippen LogP contribution in [0, 0.1) is 6.92 Å². The number of hydrogen-bond donors (Lipinski definition) is 1. The Bertz CT molecular complexity index is 543. The molecule has 0 saturated heterocycles. The van der Waals surface area contributed by atoms with Gasteiger partial charge in [0, 0.05) is 10.6 Å². The highest BCUT2D eigenvalue weighted by atomic mass is 32.2. The highest BCUT2D eigenvalue weighted by molar-refractivity contribution is 7.99. The minimum absolute atomic E-state index is 0.0240. The molecule has 0 bridgehead atoms. The van der Waals surface area contributed by atoms with Gasteiger partial charge in [-0.05, 0) is 36.9 Å². The molecule has 0 amide bonds. The number of nitrogens with zero attached hydrogens (tertiary/aromatic N) is 2. The van der Waals surface area contributed by atoms with Crippen LogP contribution in [0.1, 0.15) is 16.2 Å². The Morgan fingerprint density at radius 1 is 1.24 bits per heavy atom. The molecule has 1 N–H and O–H groups in total. The third kappa shape index (κ3) is 3.04. The number of carboxylic acids is 1. The molecule has 0 spiro atoms. The normalized spacial score (nSPS) is 10.2. The van der Waals surface area contributed by atoms with Crippen LogP contribution >= 0.6 is 11.8 Å². The van der Waals surface area contributed by atoms with E-state index in [1.54, 1.807) is 6.92 Å². The van der Waals surface area contributed by atoms with Gasteiger partial charge in [0.15, 0.2) is 10.9 Å². The average molecular weight is 246 g/mol. The van der Waals surface area contributed by atoms with Crippen LogP contribution < -0.4 is 0 Å². The van der Waals surface area contributed by atoms with E-state index >= 15 is 0 Å². The summed E-state index contributed by atoms with van der Waals surface area (Å²) in [5.74, 6) is -1.04. The van der Waals surface area contributed by atoms with Crippen molar-refractivity contribution < 1.29 is 9.90 Å². The van der Waals surface area contributed by atoms with Gasteiger partial charge in [-0.2, -0.15) is 0 Å². The third-order valence-corrected chi connectivity index (χ3v) is 2.88. The monoisotopic (exact) mass is 246 g/mol. The van der Waals surface area contributed by atoms with E-state index in [2.05, 4.69) is 9.97 Å². The molecule has 1 heterocycles. The van der Waals surface area contributed by atoms with E-state index in [0.29, 0.717) is 10.9 Å². The fraction of sp³-hybridized carbons (Fsp3) is 0.0833. The summed E-state index contributed by atoms with van der Waals surface area (Å²) in [5.41, 5.74) is 0.673. The van der Waals surface area contributed by atoms with Gasteiger partial charge in [-0.1, -0.05) is 18.2 Å². The number of rotatable bonds is 3. The van der Waals surface area contributed by atoms with Crippen LogP contribution in [0.4, 0.5) is 0 Å². The van der Waals surface area contributed by atoms with E-state index in [1.807, 2.05) is 30.3 Å². The van der Waals surface area contributed by atoms with Crippen LogP contribution in [0.2, 0.25) is 0 Å². The zero-order chi connectivity index (χ0) is 12.3. The van der Waals surface area contributed by atoms with Crippen LogP contribution in [0.15, 0.2) is 46.5 Å². The summed E-state index contributed by atoms with van der Waals surface area (Å²) in [7, 11) is 0. The number of aryl methyl sites for hydroxylation is 1. The van der Waals surface area contributed by atoms with Crippen molar-refractivity contribution in [3.63, 3.8) is 0 Å². The zero-order valence-electron chi connectivity index (χ0n) is 9.12. The second-order valence-electron chi connectivity index (χ2n) is 3.40. The molecule has 1 aromatic heterocycles. The topological polar surface area (TPSA) is 63.1 Å². The molecule has 0 saturated carbocycles. The summed E-state index contributed by atoms with van der Waals surface area (Å²) in [6, 6.07) is 11.1. The zero-order valence-corrected chi connectivity index (χ0v) is 9.94. The van der Waals surface area contributed by atoms with E-state index in [-0.39, 0.29) is 5.69 Å². The first-order valence-corrected chi connectivity index (χ1v) is 5.78. The fourth-order valence-electron chi connectivity index (χ4n) is 1.29. The Balaban J connectivity index is 2.30. The number of benzene rings is 1. The summed E-state index contributed by atoms with van der Waals surface area (Å²) in [4.78, 5) is 20.0. The molecule has 0 aliphatic carbocycles. The standard InChI is InChI=1S/C12H10N2O2S/c1-8-7-10(11(15)16)14-12(13-8)17-9-5-3-2-4-6-9/h2-7H,1H3,(H,15,16). The van der Waals surface area contributed by atoms with E-state index in [4.69, 9.17) is 5.11 Å².